The Bertz CT molecular complexity index is 733. The molecule has 0 aliphatic heterocycles. The summed E-state index contributed by atoms with van der Waals surface area (Å²) in [6.07, 6.45) is 0. The monoisotopic (exact) mass is 302 g/mol. The molecule has 0 unspecified atom stereocenters. The Morgan fingerprint density at radius 2 is 1.90 bits per heavy atom. The molecule has 1 heterocycles. The number of fused-ring (bicyclic) bond motifs is 1. The number of benzene rings is 2. The number of alkyl halides is 1. The second kappa shape index (κ2) is 5.86. The third kappa shape index (κ3) is 2.54. The minimum Gasteiger partial charge on any atom is -0.488 e. The Morgan fingerprint density at radius 3 is 2.75 bits per heavy atom. The van der Waals surface area contributed by atoms with Crippen LogP contribution in [0, 0.1) is 6.92 Å². The van der Waals surface area contributed by atoms with E-state index in [0.29, 0.717) is 12.5 Å². The van der Waals surface area contributed by atoms with Crippen LogP contribution in [0.15, 0.2) is 47.8 Å². The van der Waals surface area contributed by atoms with E-state index in [4.69, 9.17) is 16.3 Å². The van der Waals surface area contributed by atoms with Crippen LogP contribution in [0.4, 0.5) is 0 Å². The van der Waals surface area contributed by atoms with Gasteiger partial charge in [0.05, 0.1) is 5.88 Å². The van der Waals surface area contributed by atoms with E-state index in [-0.39, 0.29) is 0 Å². The summed E-state index contributed by atoms with van der Waals surface area (Å²) in [7, 11) is 0. The van der Waals surface area contributed by atoms with Gasteiger partial charge in [0.15, 0.2) is 0 Å². The first-order chi connectivity index (χ1) is 9.79. The van der Waals surface area contributed by atoms with E-state index in [1.165, 1.54) is 15.6 Å². The van der Waals surface area contributed by atoms with Crippen LogP contribution in [0.1, 0.15) is 16.7 Å². The summed E-state index contributed by atoms with van der Waals surface area (Å²) in [5.41, 5.74) is 3.41. The molecule has 3 heteroatoms. The molecule has 0 aliphatic rings. The summed E-state index contributed by atoms with van der Waals surface area (Å²) in [5, 5.41) is 3.45. The number of hydrogen-bond donors (Lipinski definition) is 0. The summed E-state index contributed by atoms with van der Waals surface area (Å²) >= 11 is 7.74. The van der Waals surface area contributed by atoms with Gasteiger partial charge in [0.2, 0.25) is 0 Å². The van der Waals surface area contributed by atoms with E-state index in [0.717, 1.165) is 16.9 Å². The van der Waals surface area contributed by atoms with Gasteiger partial charge in [-0.25, -0.2) is 0 Å². The van der Waals surface area contributed by atoms with Crippen molar-refractivity contribution < 1.29 is 4.74 Å². The van der Waals surface area contributed by atoms with E-state index in [9.17, 15) is 0 Å². The standard InChI is InChI=1S/C17H15ClOS/c1-12-5-4-6-13(9-18)17(12)19-10-14-11-20-16-8-3-2-7-15(14)16/h2-8,11H,9-10H2,1H3. The van der Waals surface area contributed by atoms with Crippen LogP contribution >= 0.6 is 22.9 Å². The molecule has 1 aromatic heterocycles. The minimum atomic E-state index is 0.474. The van der Waals surface area contributed by atoms with Crippen LogP contribution in [-0.2, 0) is 12.5 Å². The summed E-state index contributed by atoms with van der Waals surface area (Å²) in [4.78, 5) is 0. The van der Waals surface area contributed by atoms with E-state index < -0.39 is 0 Å². The second-order valence-corrected chi connectivity index (χ2v) is 5.92. The van der Waals surface area contributed by atoms with Crippen molar-refractivity contribution in [2.75, 3.05) is 0 Å². The maximum Gasteiger partial charge on any atom is 0.127 e. The Labute approximate surface area is 127 Å². The van der Waals surface area contributed by atoms with Crippen molar-refractivity contribution in [2.24, 2.45) is 0 Å². The maximum absolute atomic E-state index is 6.03. The van der Waals surface area contributed by atoms with E-state index in [1.807, 2.05) is 12.1 Å². The van der Waals surface area contributed by atoms with Crippen LogP contribution in [0.2, 0.25) is 0 Å². The fourth-order valence-electron chi connectivity index (χ4n) is 2.32. The lowest BCUT2D eigenvalue weighted by Gasteiger charge is -2.12. The minimum absolute atomic E-state index is 0.474. The number of para-hydroxylation sites is 1. The molecule has 102 valence electrons. The number of rotatable bonds is 4. The number of thiophene rings is 1. The zero-order valence-corrected chi connectivity index (χ0v) is 12.8. The van der Waals surface area contributed by atoms with Crippen molar-refractivity contribution in [1.82, 2.24) is 0 Å². The molecule has 3 rings (SSSR count). The molecule has 0 saturated heterocycles. The molecule has 3 aromatic rings. The highest BCUT2D eigenvalue weighted by atomic mass is 35.5. The smallest absolute Gasteiger partial charge is 0.127 e. The predicted octanol–water partition coefficient (Wildman–Crippen LogP) is 5.53. The molecule has 0 radical (unpaired) electrons. The van der Waals surface area contributed by atoms with Gasteiger partial charge < -0.3 is 4.74 Å². The second-order valence-electron chi connectivity index (χ2n) is 4.74. The number of halogens is 1. The predicted molar refractivity (Wildman–Crippen MR) is 86.9 cm³/mol. The summed E-state index contributed by atoms with van der Waals surface area (Å²) in [6, 6.07) is 14.5. The molecule has 0 aliphatic carbocycles. The summed E-state index contributed by atoms with van der Waals surface area (Å²) < 4.78 is 7.33. The molecule has 0 amide bonds. The Hall–Kier alpha value is -1.51. The van der Waals surface area contributed by atoms with Gasteiger partial charge in [0.25, 0.3) is 0 Å². The van der Waals surface area contributed by atoms with Crippen molar-refractivity contribution in [1.29, 1.82) is 0 Å². The van der Waals surface area contributed by atoms with Crippen LogP contribution in [0.5, 0.6) is 5.75 Å². The third-order valence-electron chi connectivity index (χ3n) is 3.37. The highest BCUT2D eigenvalue weighted by molar-refractivity contribution is 7.17. The van der Waals surface area contributed by atoms with Crippen molar-refractivity contribution in [3.05, 3.63) is 64.5 Å². The zero-order valence-electron chi connectivity index (χ0n) is 11.2. The van der Waals surface area contributed by atoms with Crippen molar-refractivity contribution in [2.45, 2.75) is 19.4 Å². The molecule has 0 N–H and O–H groups in total. The fraction of sp³-hybridized carbons (Fsp3) is 0.176. The van der Waals surface area contributed by atoms with Crippen molar-refractivity contribution in [3.63, 3.8) is 0 Å². The maximum atomic E-state index is 6.03. The van der Waals surface area contributed by atoms with E-state index in [2.05, 4.69) is 42.6 Å². The molecule has 2 aromatic carbocycles. The molecule has 0 spiro atoms. The SMILES string of the molecule is Cc1cccc(CCl)c1OCc1csc2ccccc12. The van der Waals surface area contributed by atoms with Gasteiger partial charge in [0.1, 0.15) is 12.4 Å². The zero-order chi connectivity index (χ0) is 13.9. The lowest BCUT2D eigenvalue weighted by atomic mass is 10.1. The van der Waals surface area contributed by atoms with Gasteiger partial charge >= 0.3 is 0 Å². The summed E-state index contributed by atoms with van der Waals surface area (Å²) in [5.74, 6) is 1.39. The van der Waals surface area contributed by atoms with E-state index >= 15 is 0 Å². The first kappa shape index (κ1) is 13.5. The van der Waals surface area contributed by atoms with Crippen LogP contribution in [0.3, 0.4) is 0 Å². The number of aryl methyl sites for hydroxylation is 1. The van der Waals surface area contributed by atoms with E-state index in [1.54, 1.807) is 11.3 Å². The largest absolute Gasteiger partial charge is 0.488 e. The van der Waals surface area contributed by atoms with Crippen molar-refractivity contribution >= 4 is 33.0 Å². The topological polar surface area (TPSA) is 9.23 Å². The first-order valence-electron chi connectivity index (χ1n) is 6.52. The van der Waals surface area contributed by atoms with Crippen LogP contribution in [0.25, 0.3) is 10.1 Å². The quantitative estimate of drug-likeness (QED) is 0.576. The lowest BCUT2D eigenvalue weighted by molar-refractivity contribution is 0.303. The highest BCUT2D eigenvalue weighted by Crippen LogP contribution is 2.29. The first-order valence-corrected chi connectivity index (χ1v) is 7.93. The average molecular weight is 303 g/mol. The molecule has 0 saturated carbocycles. The highest BCUT2D eigenvalue weighted by Gasteiger charge is 2.08. The third-order valence-corrected chi connectivity index (χ3v) is 4.67. The Balaban J connectivity index is 1.87. The Morgan fingerprint density at radius 1 is 1.05 bits per heavy atom. The molecule has 0 bridgehead atoms. The lowest BCUT2D eigenvalue weighted by Crippen LogP contribution is -1.99. The summed E-state index contributed by atoms with van der Waals surface area (Å²) in [6.45, 7) is 2.63. The van der Waals surface area contributed by atoms with Gasteiger partial charge in [-0.2, -0.15) is 0 Å². The normalized spacial score (nSPS) is 10.9. The van der Waals surface area contributed by atoms with Gasteiger partial charge in [0, 0.05) is 15.8 Å². The molecule has 20 heavy (non-hydrogen) atoms. The molecule has 1 nitrogen and oxygen atoms in total. The molecule has 0 fully saturated rings. The van der Waals surface area contributed by atoms with Crippen LogP contribution < -0.4 is 4.74 Å². The molecule has 0 atom stereocenters. The fourth-order valence-corrected chi connectivity index (χ4v) is 3.48. The molecular weight excluding hydrogens is 288 g/mol. The Kier molecular flexibility index (Phi) is 3.95. The van der Waals surface area contributed by atoms with Crippen molar-refractivity contribution in [3.8, 4) is 5.75 Å². The van der Waals surface area contributed by atoms with Gasteiger partial charge in [-0.1, -0.05) is 36.4 Å². The van der Waals surface area contributed by atoms with Crippen LogP contribution in [-0.4, -0.2) is 0 Å². The number of ether oxygens (including phenoxy) is 1. The van der Waals surface area contributed by atoms with Gasteiger partial charge in [-0.05, 0) is 29.3 Å². The average Bonchev–Trinajstić information content (AvgIpc) is 2.89. The number of hydrogen-bond acceptors (Lipinski definition) is 2. The van der Waals surface area contributed by atoms with Gasteiger partial charge in [-0.3, -0.25) is 0 Å². The molecular formula is C17H15ClOS. The van der Waals surface area contributed by atoms with Gasteiger partial charge in [-0.15, -0.1) is 22.9 Å².